The van der Waals surface area contributed by atoms with Crippen molar-refractivity contribution in [1.82, 2.24) is 15.0 Å². The van der Waals surface area contributed by atoms with E-state index >= 15 is 4.39 Å². The summed E-state index contributed by atoms with van der Waals surface area (Å²) in [5.74, 6) is -2.50. The zero-order valence-electron chi connectivity index (χ0n) is 25.2. The molecule has 1 aliphatic heterocycles. The summed E-state index contributed by atoms with van der Waals surface area (Å²) in [5, 5.41) is 21.2. The normalized spacial score (nSPS) is 23.1. The van der Waals surface area contributed by atoms with Gasteiger partial charge in [-0.05, 0) is 67.9 Å². The molecule has 230 valence electrons. The third-order valence-corrected chi connectivity index (χ3v) is 9.69. The summed E-state index contributed by atoms with van der Waals surface area (Å²) in [6.45, 7) is 7.44. The van der Waals surface area contributed by atoms with Crippen molar-refractivity contribution in [3.05, 3.63) is 75.9 Å². The second kappa shape index (κ2) is 11.4. The summed E-state index contributed by atoms with van der Waals surface area (Å²) >= 11 is 0. The first-order valence-electron chi connectivity index (χ1n) is 15.5. The Morgan fingerprint density at radius 3 is 2.19 bits per heavy atom. The molecule has 3 aliphatic rings. The fourth-order valence-electron chi connectivity index (χ4n) is 7.44. The van der Waals surface area contributed by atoms with Gasteiger partial charge >= 0.3 is 0 Å². The Bertz CT molecular complexity index is 1440. The number of anilines is 1. The molecule has 9 heteroatoms. The maximum atomic E-state index is 17.1. The molecular formula is C34H41F3N4O2. The van der Waals surface area contributed by atoms with Gasteiger partial charge in [-0.2, -0.15) is 0 Å². The molecule has 2 atom stereocenters. The number of hydrogen-bond acceptors (Lipinski definition) is 6. The van der Waals surface area contributed by atoms with Crippen molar-refractivity contribution in [1.29, 1.82) is 0 Å². The third-order valence-electron chi connectivity index (χ3n) is 9.69. The van der Waals surface area contributed by atoms with Crippen LogP contribution in [0.15, 0.2) is 36.7 Å². The number of aliphatic hydroxyl groups is 1. The Hall–Kier alpha value is -3.20. The average molecular weight is 595 g/mol. The van der Waals surface area contributed by atoms with Crippen LogP contribution < -0.4 is 4.90 Å². The molecule has 0 bridgehead atoms. The van der Waals surface area contributed by atoms with Gasteiger partial charge in [0.15, 0.2) is 11.9 Å². The molecule has 1 saturated carbocycles. The number of rotatable bonds is 5. The SMILES string of the molecule is Cc1ccc([C@H](F)c2c(C3CCN(c4ncc(O)cn4)CC3)nc3c(c2C2CCC(F)(F)CC2)[C@@H](O)CC(C)(C)C3)cc1. The highest BCUT2D eigenvalue weighted by Gasteiger charge is 2.43. The van der Waals surface area contributed by atoms with Crippen molar-refractivity contribution in [3.8, 4) is 5.75 Å². The standard InChI is InChI=1S/C34H41F3N4O2/c1-20-4-6-22(7-5-20)30(35)29-27(21-8-12-34(36,37)13-9-21)28-25(16-33(2,3)17-26(28)43)40-31(29)23-10-14-41(15-11-23)32-38-18-24(42)19-39-32/h4-7,18-19,21,23,26,30,42-43H,8-17H2,1-3H3/t26-,30-/m0/s1. The van der Waals surface area contributed by atoms with Gasteiger partial charge in [0.05, 0.1) is 24.2 Å². The van der Waals surface area contributed by atoms with Crippen LogP contribution in [0.2, 0.25) is 0 Å². The molecule has 43 heavy (non-hydrogen) atoms. The van der Waals surface area contributed by atoms with Crippen molar-refractivity contribution in [2.24, 2.45) is 5.41 Å². The summed E-state index contributed by atoms with van der Waals surface area (Å²) < 4.78 is 45.8. The van der Waals surface area contributed by atoms with Crippen LogP contribution in [0.5, 0.6) is 5.75 Å². The summed E-state index contributed by atoms with van der Waals surface area (Å²) in [5.41, 5.74) is 4.73. The lowest BCUT2D eigenvalue weighted by molar-refractivity contribution is -0.0385. The quantitative estimate of drug-likeness (QED) is 0.316. The summed E-state index contributed by atoms with van der Waals surface area (Å²) in [6, 6.07) is 7.38. The Kier molecular flexibility index (Phi) is 7.90. The number of nitrogens with zero attached hydrogens (tertiary/aromatic N) is 4. The number of aliphatic hydroxyl groups excluding tert-OH is 1. The monoisotopic (exact) mass is 594 g/mol. The number of aromatic hydroxyl groups is 1. The zero-order valence-corrected chi connectivity index (χ0v) is 25.2. The van der Waals surface area contributed by atoms with Crippen LogP contribution in [0.3, 0.4) is 0 Å². The Labute approximate surface area is 251 Å². The minimum atomic E-state index is -2.72. The van der Waals surface area contributed by atoms with E-state index in [4.69, 9.17) is 4.98 Å². The first kappa shape index (κ1) is 29.9. The highest BCUT2D eigenvalue weighted by molar-refractivity contribution is 5.51. The van der Waals surface area contributed by atoms with Crippen molar-refractivity contribution in [2.75, 3.05) is 18.0 Å². The Balaban J connectivity index is 1.47. The van der Waals surface area contributed by atoms with Gasteiger partial charge in [-0.25, -0.2) is 23.1 Å². The van der Waals surface area contributed by atoms with Crippen LogP contribution in [0.25, 0.3) is 0 Å². The van der Waals surface area contributed by atoms with E-state index in [-0.39, 0.29) is 48.7 Å². The third kappa shape index (κ3) is 6.10. The molecule has 6 nitrogen and oxygen atoms in total. The van der Waals surface area contributed by atoms with Crippen LogP contribution in [-0.2, 0) is 6.42 Å². The van der Waals surface area contributed by atoms with Crippen LogP contribution in [0, 0.1) is 12.3 Å². The van der Waals surface area contributed by atoms with Gasteiger partial charge in [0, 0.05) is 48.7 Å². The maximum Gasteiger partial charge on any atom is 0.248 e. The second-order valence-electron chi connectivity index (χ2n) is 13.7. The molecule has 0 radical (unpaired) electrons. The van der Waals surface area contributed by atoms with Gasteiger partial charge in [-0.1, -0.05) is 43.7 Å². The fourth-order valence-corrected chi connectivity index (χ4v) is 7.44. The van der Waals surface area contributed by atoms with Gasteiger partial charge in [-0.3, -0.25) is 4.98 Å². The lowest BCUT2D eigenvalue weighted by Gasteiger charge is -2.41. The molecule has 2 aromatic heterocycles. The van der Waals surface area contributed by atoms with E-state index in [0.29, 0.717) is 67.1 Å². The minimum Gasteiger partial charge on any atom is -0.505 e. The van der Waals surface area contributed by atoms with E-state index in [1.54, 1.807) is 12.1 Å². The largest absolute Gasteiger partial charge is 0.505 e. The first-order valence-corrected chi connectivity index (χ1v) is 15.5. The first-order chi connectivity index (χ1) is 20.4. The molecule has 2 N–H and O–H groups in total. The number of halogens is 3. The topological polar surface area (TPSA) is 82.4 Å². The van der Waals surface area contributed by atoms with Gasteiger partial charge in [0.1, 0.15) is 0 Å². The van der Waals surface area contributed by atoms with E-state index in [9.17, 15) is 19.0 Å². The van der Waals surface area contributed by atoms with Crippen molar-refractivity contribution in [2.45, 2.75) is 102 Å². The number of pyridine rings is 1. The molecule has 2 aliphatic carbocycles. The summed E-state index contributed by atoms with van der Waals surface area (Å²) in [7, 11) is 0. The highest BCUT2D eigenvalue weighted by Crippen LogP contribution is 2.52. The van der Waals surface area contributed by atoms with Gasteiger partial charge in [0.25, 0.3) is 0 Å². The lowest BCUT2D eigenvalue weighted by Crippen LogP contribution is -2.36. The number of hydrogen-bond donors (Lipinski definition) is 2. The predicted molar refractivity (Wildman–Crippen MR) is 159 cm³/mol. The molecule has 3 aromatic rings. The van der Waals surface area contributed by atoms with E-state index < -0.39 is 18.2 Å². The van der Waals surface area contributed by atoms with Gasteiger partial charge < -0.3 is 15.1 Å². The van der Waals surface area contributed by atoms with Crippen LogP contribution >= 0.6 is 0 Å². The van der Waals surface area contributed by atoms with Crippen molar-refractivity contribution < 1.29 is 23.4 Å². The minimum absolute atomic E-state index is 0.00440. The fraction of sp³-hybridized carbons (Fsp3) is 0.559. The van der Waals surface area contributed by atoms with E-state index in [0.717, 1.165) is 16.8 Å². The molecule has 6 rings (SSSR count). The van der Waals surface area contributed by atoms with E-state index in [1.807, 2.05) is 19.1 Å². The molecule has 3 heterocycles. The summed E-state index contributed by atoms with van der Waals surface area (Å²) in [4.78, 5) is 15.8. The highest BCUT2D eigenvalue weighted by atomic mass is 19.3. The van der Waals surface area contributed by atoms with Crippen LogP contribution in [0.1, 0.15) is 122 Å². The lowest BCUT2D eigenvalue weighted by atomic mass is 9.68. The number of aromatic nitrogens is 3. The Morgan fingerprint density at radius 2 is 1.56 bits per heavy atom. The second-order valence-corrected chi connectivity index (χ2v) is 13.7. The number of benzene rings is 1. The number of fused-ring (bicyclic) bond motifs is 1. The Morgan fingerprint density at radius 1 is 0.930 bits per heavy atom. The number of aryl methyl sites for hydroxylation is 1. The van der Waals surface area contributed by atoms with E-state index in [2.05, 4.69) is 28.7 Å². The molecule has 1 aromatic carbocycles. The molecular weight excluding hydrogens is 553 g/mol. The van der Waals surface area contributed by atoms with Crippen molar-refractivity contribution in [3.63, 3.8) is 0 Å². The average Bonchev–Trinajstić information content (AvgIpc) is 2.96. The van der Waals surface area contributed by atoms with Crippen LogP contribution in [-0.4, -0.2) is 44.2 Å². The molecule has 0 unspecified atom stereocenters. The molecule has 0 spiro atoms. The van der Waals surface area contributed by atoms with Crippen molar-refractivity contribution >= 4 is 5.95 Å². The summed E-state index contributed by atoms with van der Waals surface area (Å²) in [6.07, 6.45) is 3.01. The maximum absolute atomic E-state index is 17.1. The number of piperidine rings is 1. The molecule has 2 fully saturated rings. The predicted octanol–water partition coefficient (Wildman–Crippen LogP) is 7.63. The molecule has 1 saturated heterocycles. The van der Waals surface area contributed by atoms with E-state index in [1.165, 1.54) is 12.4 Å². The zero-order chi connectivity index (χ0) is 30.5. The molecule has 0 amide bonds. The number of alkyl halides is 3. The van der Waals surface area contributed by atoms with Gasteiger partial charge in [0.2, 0.25) is 11.9 Å². The smallest absolute Gasteiger partial charge is 0.248 e. The van der Waals surface area contributed by atoms with Crippen LogP contribution in [0.4, 0.5) is 19.1 Å². The van der Waals surface area contributed by atoms with Gasteiger partial charge in [-0.15, -0.1) is 0 Å².